The molecule has 0 aliphatic carbocycles. The van der Waals surface area contributed by atoms with Crippen molar-refractivity contribution >= 4 is 11.5 Å². The molecule has 0 aliphatic heterocycles. The number of nitro groups is 1. The van der Waals surface area contributed by atoms with Gasteiger partial charge in [0.15, 0.2) is 5.78 Å². The lowest BCUT2D eigenvalue weighted by Gasteiger charge is -2.02. The molecule has 0 atom stereocenters. The Kier molecular flexibility index (Phi) is 3.51. The van der Waals surface area contributed by atoms with Crippen LogP contribution in [0.1, 0.15) is 29.3 Å². The summed E-state index contributed by atoms with van der Waals surface area (Å²) in [5.74, 6) is -0.272. The Morgan fingerprint density at radius 1 is 1.53 bits per heavy atom. The van der Waals surface area contributed by atoms with Crippen molar-refractivity contribution in [3.63, 3.8) is 0 Å². The van der Waals surface area contributed by atoms with Crippen LogP contribution in [0.25, 0.3) is 0 Å². The van der Waals surface area contributed by atoms with Crippen molar-refractivity contribution in [1.29, 1.82) is 0 Å². The van der Waals surface area contributed by atoms with E-state index >= 15 is 0 Å². The number of carbonyl (C=O) groups excluding carboxylic acids is 1. The fourth-order valence-electron chi connectivity index (χ4n) is 1.25. The highest BCUT2D eigenvalue weighted by Crippen LogP contribution is 2.21. The maximum Gasteiger partial charge on any atom is 0.280 e. The molecule has 0 aliphatic rings. The monoisotopic (exact) mass is 209 g/mol. The van der Waals surface area contributed by atoms with Gasteiger partial charge in [0.2, 0.25) is 0 Å². The average Bonchev–Trinajstić information content (AvgIpc) is 2.27. The van der Waals surface area contributed by atoms with Crippen molar-refractivity contribution in [3.8, 4) is 0 Å². The molecule has 0 saturated carbocycles. The van der Waals surface area contributed by atoms with E-state index in [-0.39, 0.29) is 30.1 Å². The number of aliphatic hydroxyl groups excluding tert-OH is 1. The Morgan fingerprint density at radius 3 is 2.67 bits per heavy atom. The van der Waals surface area contributed by atoms with Crippen LogP contribution in [-0.2, 0) is 6.61 Å². The maximum absolute atomic E-state index is 11.4. The van der Waals surface area contributed by atoms with E-state index in [1.165, 1.54) is 18.2 Å². The van der Waals surface area contributed by atoms with E-state index in [2.05, 4.69) is 0 Å². The fraction of sp³-hybridized carbons (Fsp3) is 0.300. The molecule has 5 heteroatoms. The summed E-state index contributed by atoms with van der Waals surface area (Å²) in [6.07, 6.45) is 0.222. The first-order valence-corrected chi connectivity index (χ1v) is 4.51. The lowest BCUT2D eigenvalue weighted by molar-refractivity contribution is -0.385. The number of ketones is 1. The summed E-state index contributed by atoms with van der Waals surface area (Å²) in [5, 5.41) is 19.5. The number of benzene rings is 1. The van der Waals surface area contributed by atoms with Gasteiger partial charge >= 0.3 is 0 Å². The zero-order valence-electron chi connectivity index (χ0n) is 8.27. The molecule has 5 nitrogen and oxygen atoms in total. The molecule has 1 aromatic carbocycles. The molecule has 15 heavy (non-hydrogen) atoms. The van der Waals surface area contributed by atoms with Crippen molar-refractivity contribution in [2.24, 2.45) is 0 Å². The molecule has 1 N–H and O–H groups in total. The second-order valence-corrected chi connectivity index (χ2v) is 3.04. The highest BCUT2D eigenvalue weighted by molar-refractivity contribution is 5.99. The molecule has 0 saturated heterocycles. The van der Waals surface area contributed by atoms with E-state index < -0.39 is 4.92 Å². The van der Waals surface area contributed by atoms with Crippen molar-refractivity contribution in [3.05, 3.63) is 39.4 Å². The predicted octanol–water partition coefficient (Wildman–Crippen LogP) is 1.68. The van der Waals surface area contributed by atoms with Crippen LogP contribution in [0.15, 0.2) is 18.2 Å². The average molecular weight is 209 g/mol. The lowest BCUT2D eigenvalue weighted by atomic mass is 10.0. The predicted molar refractivity (Wildman–Crippen MR) is 53.6 cm³/mol. The summed E-state index contributed by atoms with van der Waals surface area (Å²) in [6, 6.07) is 4.12. The van der Waals surface area contributed by atoms with Crippen molar-refractivity contribution in [2.45, 2.75) is 20.0 Å². The van der Waals surface area contributed by atoms with Crippen LogP contribution in [0.3, 0.4) is 0 Å². The van der Waals surface area contributed by atoms with Crippen molar-refractivity contribution < 1.29 is 14.8 Å². The minimum Gasteiger partial charge on any atom is -0.392 e. The number of Topliss-reactive ketones (excluding diaryl/α,β-unsaturated/α-hetero) is 1. The summed E-state index contributed by atoms with van der Waals surface area (Å²) in [4.78, 5) is 21.4. The van der Waals surface area contributed by atoms with E-state index in [1.54, 1.807) is 6.92 Å². The largest absolute Gasteiger partial charge is 0.392 e. The van der Waals surface area contributed by atoms with Gasteiger partial charge in [0.05, 0.1) is 17.1 Å². The highest BCUT2D eigenvalue weighted by Gasteiger charge is 2.18. The molecule has 0 amide bonds. The minimum atomic E-state index is -0.609. The van der Waals surface area contributed by atoms with Gasteiger partial charge in [-0.2, -0.15) is 0 Å². The van der Waals surface area contributed by atoms with Crippen LogP contribution in [0.4, 0.5) is 5.69 Å². The van der Waals surface area contributed by atoms with E-state index in [0.29, 0.717) is 5.56 Å². The molecule has 80 valence electrons. The smallest absolute Gasteiger partial charge is 0.280 e. The third kappa shape index (κ3) is 2.38. The van der Waals surface area contributed by atoms with Gasteiger partial charge in [-0.05, 0) is 11.6 Å². The van der Waals surface area contributed by atoms with Gasteiger partial charge in [-0.3, -0.25) is 14.9 Å². The lowest BCUT2D eigenvalue weighted by Crippen LogP contribution is -2.03. The maximum atomic E-state index is 11.4. The summed E-state index contributed by atoms with van der Waals surface area (Å²) >= 11 is 0. The molecular formula is C10H11NO4. The van der Waals surface area contributed by atoms with Crippen LogP contribution in [-0.4, -0.2) is 15.8 Å². The summed E-state index contributed by atoms with van der Waals surface area (Å²) in [7, 11) is 0. The number of hydrogen-bond acceptors (Lipinski definition) is 4. The Morgan fingerprint density at radius 2 is 2.20 bits per heavy atom. The third-order valence-electron chi connectivity index (χ3n) is 2.06. The van der Waals surface area contributed by atoms with Gasteiger partial charge in [-0.15, -0.1) is 0 Å². The molecule has 0 unspecified atom stereocenters. The number of carbonyl (C=O) groups is 1. The molecule has 0 spiro atoms. The van der Waals surface area contributed by atoms with E-state index in [0.717, 1.165) is 0 Å². The Hall–Kier alpha value is -1.75. The molecule has 0 heterocycles. The molecule has 0 radical (unpaired) electrons. The standard InChI is InChI=1S/C10H11NO4/c1-2-10(13)8-4-3-7(6-12)5-9(8)11(14)15/h3-5,12H,2,6H2,1H3. The SMILES string of the molecule is CCC(=O)c1ccc(CO)cc1[N+](=O)[O-]. The zero-order valence-corrected chi connectivity index (χ0v) is 8.27. The van der Waals surface area contributed by atoms with Crippen LogP contribution >= 0.6 is 0 Å². The quantitative estimate of drug-likeness (QED) is 0.464. The van der Waals surface area contributed by atoms with Gasteiger partial charge in [-0.1, -0.05) is 13.0 Å². The van der Waals surface area contributed by atoms with Crippen LogP contribution in [0.2, 0.25) is 0 Å². The van der Waals surface area contributed by atoms with E-state index in [9.17, 15) is 14.9 Å². The Labute approximate surface area is 86.5 Å². The Balaban J connectivity index is 3.27. The first-order chi connectivity index (χ1) is 7.10. The Bertz CT molecular complexity index is 400. The topological polar surface area (TPSA) is 80.4 Å². The van der Waals surface area contributed by atoms with E-state index in [4.69, 9.17) is 5.11 Å². The first-order valence-electron chi connectivity index (χ1n) is 4.51. The van der Waals surface area contributed by atoms with Gasteiger partial charge in [0.1, 0.15) is 0 Å². The van der Waals surface area contributed by atoms with E-state index in [1.807, 2.05) is 0 Å². The van der Waals surface area contributed by atoms with Crippen molar-refractivity contribution in [2.75, 3.05) is 0 Å². The summed E-state index contributed by atoms with van der Waals surface area (Å²) < 4.78 is 0. The number of hydrogen-bond donors (Lipinski definition) is 1. The molecule has 1 rings (SSSR count). The number of nitro benzene ring substituents is 1. The van der Waals surface area contributed by atoms with Gasteiger partial charge in [-0.25, -0.2) is 0 Å². The van der Waals surface area contributed by atoms with Crippen LogP contribution in [0, 0.1) is 10.1 Å². The van der Waals surface area contributed by atoms with Crippen LogP contribution in [0.5, 0.6) is 0 Å². The third-order valence-corrected chi connectivity index (χ3v) is 2.06. The normalized spacial score (nSPS) is 10.0. The highest BCUT2D eigenvalue weighted by atomic mass is 16.6. The van der Waals surface area contributed by atoms with Gasteiger partial charge in [0, 0.05) is 12.5 Å². The van der Waals surface area contributed by atoms with Gasteiger partial charge < -0.3 is 5.11 Å². The molecule has 1 aromatic rings. The molecule has 0 aromatic heterocycles. The summed E-state index contributed by atoms with van der Waals surface area (Å²) in [5.41, 5.74) is 0.280. The van der Waals surface area contributed by atoms with Crippen molar-refractivity contribution in [1.82, 2.24) is 0 Å². The number of rotatable bonds is 4. The second kappa shape index (κ2) is 4.65. The molecule has 0 bridgehead atoms. The number of nitrogens with zero attached hydrogens (tertiary/aromatic N) is 1. The zero-order chi connectivity index (χ0) is 11.4. The fourth-order valence-corrected chi connectivity index (χ4v) is 1.25. The second-order valence-electron chi connectivity index (χ2n) is 3.04. The number of aliphatic hydroxyl groups is 1. The molecule has 0 fully saturated rings. The molecular weight excluding hydrogens is 198 g/mol. The van der Waals surface area contributed by atoms with Gasteiger partial charge in [0.25, 0.3) is 5.69 Å². The van der Waals surface area contributed by atoms with Crippen LogP contribution < -0.4 is 0 Å². The summed E-state index contributed by atoms with van der Waals surface area (Å²) in [6.45, 7) is 1.37. The first kappa shape index (κ1) is 11.3. The minimum absolute atomic E-state index is 0.0969.